The number of hydrogen-bond donors (Lipinski definition) is 1. The maximum Gasteiger partial charge on any atom is 0.261 e. The Labute approximate surface area is 138 Å². The van der Waals surface area contributed by atoms with Crippen molar-refractivity contribution in [3.05, 3.63) is 50.5 Å². The van der Waals surface area contributed by atoms with Gasteiger partial charge in [-0.05, 0) is 25.0 Å². The second-order valence-corrected chi connectivity index (χ2v) is 6.34. The first-order valence-corrected chi connectivity index (χ1v) is 8.11. The number of benzene rings is 1. The highest BCUT2D eigenvalue weighted by molar-refractivity contribution is 6.43. The van der Waals surface area contributed by atoms with Crippen LogP contribution in [-0.2, 0) is 0 Å². The Morgan fingerprint density at radius 3 is 2.64 bits per heavy atom. The van der Waals surface area contributed by atoms with Crippen LogP contribution in [-0.4, -0.2) is 14.7 Å². The third-order valence-corrected chi connectivity index (χ3v) is 4.88. The first kappa shape index (κ1) is 15.4. The Bertz CT molecular complexity index is 752. The van der Waals surface area contributed by atoms with Crippen LogP contribution < -0.4 is 5.56 Å². The second kappa shape index (κ2) is 6.31. The molecule has 6 heteroatoms. The molecule has 1 aromatic carbocycles. The summed E-state index contributed by atoms with van der Waals surface area (Å²) < 4.78 is 1.48. The van der Waals surface area contributed by atoms with Crippen molar-refractivity contribution in [3.63, 3.8) is 0 Å². The molecule has 4 nitrogen and oxygen atoms in total. The molecule has 0 bridgehead atoms. The van der Waals surface area contributed by atoms with Gasteiger partial charge in [0.2, 0.25) is 5.88 Å². The Hall–Kier alpha value is -1.52. The van der Waals surface area contributed by atoms with Crippen molar-refractivity contribution in [1.82, 2.24) is 9.55 Å². The number of aromatic nitrogens is 2. The first-order valence-electron chi connectivity index (χ1n) is 7.35. The molecule has 0 saturated heterocycles. The van der Waals surface area contributed by atoms with Crippen LogP contribution in [0.1, 0.15) is 43.8 Å². The van der Waals surface area contributed by atoms with Crippen LogP contribution in [0.2, 0.25) is 10.0 Å². The fourth-order valence-corrected chi connectivity index (χ4v) is 3.41. The molecule has 1 heterocycles. The van der Waals surface area contributed by atoms with E-state index in [0.717, 1.165) is 31.7 Å². The minimum Gasteiger partial charge on any atom is -0.493 e. The molecule has 3 rings (SSSR count). The quantitative estimate of drug-likeness (QED) is 0.888. The molecule has 0 spiro atoms. The third kappa shape index (κ3) is 2.85. The van der Waals surface area contributed by atoms with Crippen molar-refractivity contribution >= 4 is 23.2 Å². The zero-order valence-electron chi connectivity index (χ0n) is 11.9. The summed E-state index contributed by atoms with van der Waals surface area (Å²) in [5, 5.41) is 10.4. The van der Waals surface area contributed by atoms with Gasteiger partial charge in [-0.3, -0.25) is 9.36 Å². The van der Waals surface area contributed by atoms with Gasteiger partial charge in [0.1, 0.15) is 5.82 Å². The molecule has 0 aliphatic heterocycles. The molecule has 2 aromatic rings. The normalized spacial score (nSPS) is 15.9. The summed E-state index contributed by atoms with van der Waals surface area (Å²) in [5.41, 5.74) is 0.157. The Morgan fingerprint density at radius 2 is 1.91 bits per heavy atom. The highest BCUT2D eigenvalue weighted by atomic mass is 35.5. The van der Waals surface area contributed by atoms with Crippen molar-refractivity contribution in [2.24, 2.45) is 0 Å². The molecular weight excluding hydrogens is 323 g/mol. The molecule has 1 aromatic heterocycles. The van der Waals surface area contributed by atoms with Crippen molar-refractivity contribution in [3.8, 4) is 11.6 Å². The molecule has 0 amide bonds. The minimum atomic E-state index is -0.350. The Morgan fingerprint density at radius 1 is 1.18 bits per heavy atom. The number of aromatic hydroxyl groups is 1. The van der Waals surface area contributed by atoms with Gasteiger partial charge in [0.25, 0.3) is 5.56 Å². The molecule has 116 valence electrons. The summed E-state index contributed by atoms with van der Waals surface area (Å²) in [6, 6.07) is 6.25. The number of halogens is 2. The van der Waals surface area contributed by atoms with Crippen LogP contribution in [0.25, 0.3) is 5.69 Å². The van der Waals surface area contributed by atoms with Gasteiger partial charge in [0.05, 0.1) is 21.8 Å². The van der Waals surface area contributed by atoms with Gasteiger partial charge in [-0.1, -0.05) is 48.5 Å². The van der Waals surface area contributed by atoms with Gasteiger partial charge in [-0.2, -0.15) is 4.98 Å². The van der Waals surface area contributed by atoms with Crippen molar-refractivity contribution in [1.29, 1.82) is 0 Å². The summed E-state index contributed by atoms with van der Waals surface area (Å²) >= 11 is 12.3. The highest BCUT2D eigenvalue weighted by Crippen LogP contribution is 2.35. The van der Waals surface area contributed by atoms with Gasteiger partial charge < -0.3 is 5.11 Å². The second-order valence-electron chi connectivity index (χ2n) is 5.55. The number of rotatable bonds is 2. The lowest BCUT2D eigenvalue weighted by Gasteiger charge is -2.24. The van der Waals surface area contributed by atoms with Crippen LogP contribution in [0.15, 0.2) is 29.1 Å². The molecule has 22 heavy (non-hydrogen) atoms. The van der Waals surface area contributed by atoms with E-state index < -0.39 is 0 Å². The van der Waals surface area contributed by atoms with E-state index in [9.17, 15) is 9.90 Å². The van der Waals surface area contributed by atoms with Crippen LogP contribution in [0.4, 0.5) is 0 Å². The standard InChI is InChI=1S/C16H16Cl2N2O2/c17-11-7-4-8-12(15(11)18)20-14(22)9-13(21)19-16(20)10-5-2-1-3-6-10/h4,7-10,21H,1-3,5-6H2. The maximum atomic E-state index is 12.4. The van der Waals surface area contributed by atoms with E-state index in [2.05, 4.69) is 4.98 Å². The van der Waals surface area contributed by atoms with E-state index >= 15 is 0 Å². The van der Waals surface area contributed by atoms with Crippen LogP contribution in [0.5, 0.6) is 5.88 Å². The lowest BCUT2D eigenvalue weighted by atomic mass is 9.88. The maximum absolute atomic E-state index is 12.4. The lowest BCUT2D eigenvalue weighted by molar-refractivity contribution is 0.402. The van der Waals surface area contributed by atoms with Gasteiger partial charge in [-0.15, -0.1) is 0 Å². The average molecular weight is 339 g/mol. The molecule has 0 atom stereocenters. The largest absolute Gasteiger partial charge is 0.493 e. The van der Waals surface area contributed by atoms with E-state index in [1.807, 2.05) is 0 Å². The SMILES string of the molecule is O=c1cc(O)nc(C2CCCCC2)n1-c1cccc(Cl)c1Cl. The average Bonchev–Trinajstić information content (AvgIpc) is 2.51. The monoisotopic (exact) mass is 338 g/mol. The first-order chi connectivity index (χ1) is 10.6. The number of nitrogens with zero attached hydrogens (tertiary/aromatic N) is 2. The smallest absolute Gasteiger partial charge is 0.261 e. The minimum absolute atomic E-state index is 0.142. The van der Waals surface area contributed by atoms with Gasteiger partial charge in [0, 0.05) is 5.92 Å². The van der Waals surface area contributed by atoms with Gasteiger partial charge >= 0.3 is 0 Å². The van der Waals surface area contributed by atoms with Crippen molar-refractivity contribution in [2.45, 2.75) is 38.0 Å². The summed E-state index contributed by atoms with van der Waals surface area (Å²) in [4.78, 5) is 16.7. The predicted molar refractivity (Wildman–Crippen MR) is 87.3 cm³/mol. The van der Waals surface area contributed by atoms with Crippen LogP contribution in [0, 0.1) is 0 Å². The van der Waals surface area contributed by atoms with Gasteiger partial charge in [0.15, 0.2) is 0 Å². The van der Waals surface area contributed by atoms with E-state index in [-0.39, 0.29) is 17.4 Å². The number of hydrogen-bond acceptors (Lipinski definition) is 3. The topological polar surface area (TPSA) is 55.1 Å². The van der Waals surface area contributed by atoms with Gasteiger partial charge in [-0.25, -0.2) is 0 Å². The predicted octanol–water partition coefficient (Wildman–Crippen LogP) is 4.29. The van der Waals surface area contributed by atoms with E-state index in [1.165, 1.54) is 11.0 Å². The summed E-state index contributed by atoms with van der Waals surface area (Å²) in [6.07, 6.45) is 5.29. The summed E-state index contributed by atoms with van der Waals surface area (Å²) in [5.74, 6) is 0.456. The third-order valence-electron chi connectivity index (χ3n) is 4.07. The highest BCUT2D eigenvalue weighted by Gasteiger charge is 2.23. The van der Waals surface area contributed by atoms with E-state index in [0.29, 0.717) is 21.6 Å². The molecule has 1 fully saturated rings. The molecule has 1 saturated carbocycles. The fraction of sp³-hybridized carbons (Fsp3) is 0.375. The molecule has 1 N–H and O–H groups in total. The Balaban J connectivity index is 2.21. The molecule has 0 unspecified atom stereocenters. The zero-order chi connectivity index (χ0) is 15.7. The molecule has 1 aliphatic carbocycles. The molecule has 1 aliphatic rings. The summed E-state index contributed by atoms with van der Waals surface area (Å²) in [7, 11) is 0. The van der Waals surface area contributed by atoms with Crippen molar-refractivity contribution < 1.29 is 5.11 Å². The lowest BCUT2D eigenvalue weighted by Crippen LogP contribution is -2.25. The van der Waals surface area contributed by atoms with Crippen LogP contribution >= 0.6 is 23.2 Å². The van der Waals surface area contributed by atoms with E-state index in [4.69, 9.17) is 23.2 Å². The molecular formula is C16H16Cl2N2O2. The van der Waals surface area contributed by atoms with E-state index in [1.54, 1.807) is 18.2 Å². The fourth-order valence-electron chi connectivity index (χ4n) is 3.03. The van der Waals surface area contributed by atoms with Crippen molar-refractivity contribution in [2.75, 3.05) is 0 Å². The summed E-state index contributed by atoms with van der Waals surface area (Å²) in [6.45, 7) is 0. The van der Waals surface area contributed by atoms with Crippen LogP contribution in [0.3, 0.4) is 0 Å². The Kier molecular flexibility index (Phi) is 4.41. The molecule has 0 radical (unpaired) electrons. The zero-order valence-corrected chi connectivity index (χ0v) is 13.4.